The molecule has 0 aliphatic carbocycles. The number of carbonyl (C=O) groups excluding carboxylic acids is 1. The van der Waals surface area contributed by atoms with E-state index in [1.807, 2.05) is 24.4 Å². The van der Waals surface area contributed by atoms with Gasteiger partial charge < -0.3 is 5.32 Å². The van der Waals surface area contributed by atoms with Crippen LogP contribution in [0.4, 0.5) is 0 Å². The number of thiophene rings is 1. The van der Waals surface area contributed by atoms with Gasteiger partial charge in [-0.1, -0.05) is 6.07 Å². The van der Waals surface area contributed by atoms with E-state index in [-0.39, 0.29) is 5.91 Å². The number of aryl methyl sites for hydroxylation is 2. The summed E-state index contributed by atoms with van der Waals surface area (Å²) in [7, 11) is 0. The van der Waals surface area contributed by atoms with Crippen LogP contribution in [-0.4, -0.2) is 10.9 Å². The van der Waals surface area contributed by atoms with E-state index < -0.39 is 6.04 Å². The van der Waals surface area contributed by atoms with Crippen LogP contribution in [0, 0.1) is 25.2 Å². The van der Waals surface area contributed by atoms with Crippen LogP contribution in [-0.2, 0) is 0 Å². The zero-order chi connectivity index (χ0) is 13.1. The zero-order valence-corrected chi connectivity index (χ0v) is 11.6. The quantitative estimate of drug-likeness (QED) is 0.938. The minimum absolute atomic E-state index is 0.238. The number of rotatable bonds is 3. The monoisotopic (exact) mass is 277 g/mol. The third kappa shape index (κ3) is 2.58. The summed E-state index contributed by atoms with van der Waals surface area (Å²) >= 11 is 2.80. The fraction of sp³-hybridized carbons (Fsp3) is 0.250. The second kappa shape index (κ2) is 5.29. The van der Waals surface area contributed by atoms with Crippen molar-refractivity contribution in [3.05, 3.63) is 38.0 Å². The maximum Gasteiger partial charge on any atom is 0.264 e. The summed E-state index contributed by atoms with van der Waals surface area (Å²) in [5, 5.41) is 14.6. The number of nitrogens with one attached hydrogen (secondary N) is 1. The van der Waals surface area contributed by atoms with Crippen LogP contribution in [0.25, 0.3) is 0 Å². The molecular weight excluding hydrogens is 266 g/mol. The van der Waals surface area contributed by atoms with Crippen molar-refractivity contribution in [2.45, 2.75) is 19.9 Å². The van der Waals surface area contributed by atoms with Crippen molar-refractivity contribution in [1.82, 2.24) is 10.3 Å². The first-order valence-corrected chi connectivity index (χ1v) is 6.99. The van der Waals surface area contributed by atoms with Gasteiger partial charge in [0.2, 0.25) is 0 Å². The lowest BCUT2D eigenvalue weighted by atomic mass is 10.2. The van der Waals surface area contributed by atoms with Crippen molar-refractivity contribution >= 4 is 28.6 Å². The van der Waals surface area contributed by atoms with Crippen molar-refractivity contribution in [2.24, 2.45) is 0 Å². The Morgan fingerprint density at radius 3 is 2.83 bits per heavy atom. The maximum atomic E-state index is 12.1. The number of nitriles is 1. The molecule has 0 fully saturated rings. The molecule has 2 aromatic rings. The summed E-state index contributed by atoms with van der Waals surface area (Å²) in [6.45, 7) is 3.65. The fourth-order valence-corrected chi connectivity index (χ4v) is 3.10. The van der Waals surface area contributed by atoms with E-state index in [1.54, 1.807) is 6.92 Å². The topological polar surface area (TPSA) is 65.8 Å². The van der Waals surface area contributed by atoms with Crippen molar-refractivity contribution in [2.75, 3.05) is 0 Å². The Hall–Kier alpha value is -1.71. The summed E-state index contributed by atoms with van der Waals surface area (Å²) in [4.78, 5) is 17.7. The van der Waals surface area contributed by atoms with Gasteiger partial charge in [0.1, 0.15) is 4.88 Å². The summed E-state index contributed by atoms with van der Waals surface area (Å²) in [5.41, 5.74) is 0.706. The molecule has 0 aliphatic heterocycles. The van der Waals surface area contributed by atoms with E-state index >= 15 is 0 Å². The average molecular weight is 277 g/mol. The molecule has 1 N–H and O–H groups in total. The second-order valence-electron chi connectivity index (χ2n) is 3.70. The summed E-state index contributed by atoms with van der Waals surface area (Å²) in [6.07, 6.45) is 0. The van der Waals surface area contributed by atoms with E-state index in [2.05, 4.69) is 16.4 Å². The van der Waals surface area contributed by atoms with Crippen LogP contribution in [0.3, 0.4) is 0 Å². The molecule has 6 heteroatoms. The third-order valence-corrected chi connectivity index (χ3v) is 4.35. The smallest absolute Gasteiger partial charge is 0.264 e. The minimum Gasteiger partial charge on any atom is -0.331 e. The number of aromatic nitrogens is 1. The van der Waals surface area contributed by atoms with Gasteiger partial charge in [-0.3, -0.25) is 4.79 Å². The first-order chi connectivity index (χ1) is 8.61. The van der Waals surface area contributed by atoms with Gasteiger partial charge in [0.15, 0.2) is 6.04 Å². The largest absolute Gasteiger partial charge is 0.331 e. The molecule has 0 saturated carbocycles. The molecule has 1 amide bonds. The van der Waals surface area contributed by atoms with E-state index in [0.29, 0.717) is 10.6 Å². The van der Waals surface area contributed by atoms with Gasteiger partial charge in [-0.15, -0.1) is 22.7 Å². The number of thiazole rings is 1. The first-order valence-electron chi connectivity index (χ1n) is 5.29. The highest BCUT2D eigenvalue weighted by Gasteiger charge is 2.19. The molecule has 4 nitrogen and oxygen atoms in total. The molecule has 0 bridgehead atoms. The maximum absolute atomic E-state index is 12.1. The van der Waals surface area contributed by atoms with Crippen molar-refractivity contribution < 1.29 is 4.79 Å². The molecule has 0 saturated heterocycles. The predicted molar refractivity (Wildman–Crippen MR) is 71.7 cm³/mol. The number of carbonyl (C=O) groups is 1. The van der Waals surface area contributed by atoms with Gasteiger partial charge in [0.25, 0.3) is 5.91 Å². The molecule has 92 valence electrons. The van der Waals surface area contributed by atoms with Crippen LogP contribution in [0.1, 0.15) is 31.3 Å². The van der Waals surface area contributed by atoms with Crippen molar-refractivity contribution in [1.29, 1.82) is 5.26 Å². The van der Waals surface area contributed by atoms with E-state index in [1.165, 1.54) is 22.7 Å². The van der Waals surface area contributed by atoms with Gasteiger partial charge in [-0.2, -0.15) is 5.26 Å². The molecule has 2 heterocycles. The van der Waals surface area contributed by atoms with E-state index in [4.69, 9.17) is 5.26 Å². The molecule has 18 heavy (non-hydrogen) atoms. The fourth-order valence-electron chi connectivity index (χ4n) is 1.56. The Bertz CT molecular complexity index is 595. The van der Waals surface area contributed by atoms with Gasteiger partial charge in [0.05, 0.1) is 16.8 Å². The second-order valence-corrected chi connectivity index (χ2v) is 5.88. The summed E-state index contributed by atoms with van der Waals surface area (Å²) in [5.74, 6) is -0.238. The number of hydrogen-bond acceptors (Lipinski definition) is 5. The Balaban J connectivity index is 2.16. The van der Waals surface area contributed by atoms with Gasteiger partial charge in [-0.25, -0.2) is 4.98 Å². The number of hydrogen-bond donors (Lipinski definition) is 1. The lowest BCUT2D eigenvalue weighted by Crippen LogP contribution is -2.26. The Morgan fingerprint density at radius 2 is 2.33 bits per heavy atom. The molecule has 0 radical (unpaired) electrons. The van der Waals surface area contributed by atoms with Gasteiger partial charge in [0, 0.05) is 4.88 Å². The molecule has 2 rings (SSSR count). The molecule has 1 unspecified atom stereocenters. The predicted octanol–water partition coefficient (Wildman–Crippen LogP) is 2.82. The zero-order valence-electron chi connectivity index (χ0n) is 9.93. The lowest BCUT2D eigenvalue weighted by Gasteiger charge is -2.08. The van der Waals surface area contributed by atoms with Crippen LogP contribution >= 0.6 is 22.7 Å². The normalized spacial score (nSPS) is 11.8. The van der Waals surface area contributed by atoms with Gasteiger partial charge in [-0.05, 0) is 25.3 Å². The standard InChI is InChI=1S/C12H11N3OS2/c1-7-11(18-8(2)14-7)12(16)15-9(6-13)10-4-3-5-17-10/h3-5,9H,1-2H3,(H,15,16). The van der Waals surface area contributed by atoms with E-state index in [9.17, 15) is 4.79 Å². The van der Waals surface area contributed by atoms with Crippen LogP contribution in [0.5, 0.6) is 0 Å². The summed E-state index contributed by atoms with van der Waals surface area (Å²) < 4.78 is 0. The molecule has 0 aromatic carbocycles. The van der Waals surface area contributed by atoms with Crippen LogP contribution in [0.15, 0.2) is 17.5 Å². The number of amides is 1. The molecule has 0 spiro atoms. The van der Waals surface area contributed by atoms with Crippen molar-refractivity contribution in [3.63, 3.8) is 0 Å². The SMILES string of the molecule is Cc1nc(C)c(C(=O)NC(C#N)c2cccs2)s1. The molecular formula is C12H11N3OS2. The first kappa shape index (κ1) is 12.7. The third-order valence-electron chi connectivity index (χ3n) is 2.34. The highest BCUT2D eigenvalue weighted by molar-refractivity contribution is 7.13. The van der Waals surface area contributed by atoms with E-state index in [0.717, 1.165) is 9.88 Å². The van der Waals surface area contributed by atoms with Crippen molar-refractivity contribution in [3.8, 4) is 6.07 Å². The number of nitrogens with zero attached hydrogens (tertiary/aromatic N) is 2. The summed E-state index contributed by atoms with van der Waals surface area (Å²) in [6, 6.07) is 5.19. The Kier molecular flexibility index (Phi) is 3.75. The molecule has 1 atom stereocenters. The van der Waals surface area contributed by atoms with Gasteiger partial charge >= 0.3 is 0 Å². The molecule has 0 aliphatic rings. The average Bonchev–Trinajstić information content (AvgIpc) is 2.95. The Morgan fingerprint density at radius 1 is 1.56 bits per heavy atom. The van der Waals surface area contributed by atoms with Crippen LogP contribution in [0.2, 0.25) is 0 Å². The minimum atomic E-state index is -0.598. The van der Waals surface area contributed by atoms with Crippen LogP contribution < -0.4 is 5.32 Å². The highest BCUT2D eigenvalue weighted by atomic mass is 32.1. The Labute approximate surface area is 113 Å². The molecule has 2 aromatic heterocycles. The highest BCUT2D eigenvalue weighted by Crippen LogP contribution is 2.21. The lowest BCUT2D eigenvalue weighted by molar-refractivity contribution is 0.0949.